The second-order valence-corrected chi connectivity index (χ2v) is 6.44. The van der Waals surface area contributed by atoms with Crippen molar-refractivity contribution in [2.45, 2.75) is 46.6 Å². The molecule has 0 fully saturated rings. The quantitative estimate of drug-likeness (QED) is 0.559. The predicted octanol–water partition coefficient (Wildman–Crippen LogP) is 4.92. The molecule has 1 aromatic rings. The number of hydrogen-bond acceptors (Lipinski definition) is 4. The standard InChI is InChI=1S/C20H25FO4/c1-7-13-11-20(4,5)25-17-10-16(23-6)14(9-15(13)17)12(3)18(21)19(22)24-8-2/h9-11H,7-8H2,1-6H3/b18-12+. The molecule has 0 bridgehead atoms. The number of hydrogen-bond donors (Lipinski definition) is 0. The van der Waals surface area contributed by atoms with Gasteiger partial charge in [-0.15, -0.1) is 0 Å². The van der Waals surface area contributed by atoms with Gasteiger partial charge in [0.15, 0.2) is 0 Å². The van der Waals surface area contributed by atoms with Gasteiger partial charge in [-0.25, -0.2) is 4.79 Å². The molecule has 0 aliphatic carbocycles. The van der Waals surface area contributed by atoms with E-state index in [2.05, 4.69) is 13.0 Å². The Bertz CT molecular complexity index is 744. The third kappa shape index (κ3) is 3.86. The van der Waals surface area contributed by atoms with E-state index >= 15 is 0 Å². The monoisotopic (exact) mass is 348 g/mol. The van der Waals surface area contributed by atoms with E-state index < -0.39 is 17.4 Å². The molecule has 1 aliphatic rings. The van der Waals surface area contributed by atoms with Crippen LogP contribution < -0.4 is 9.47 Å². The van der Waals surface area contributed by atoms with Crippen molar-refractivity contribution in [1.29, 1.82) is 0 Å². The maximum absolute atomic E-state index is 14.4. The molecule has 0 radical (unpaired) electrons. The Labute approximate surface area is 148 Å². The first-order valence-electron chi connectivity index (χ1n) is 8.41. The van der Waals surface area contributed by atoms with Gasteiger partial charge in [0.1, 0.15) is 17.1 Å². The summed E-state index contributed by atoms with van der Waals surface area (Å²) in [6, 6.07) is 3.56. The van der Waals surface area contributed by atoms with E-state index in [1.54, 1.807) is 19.9 Å². The Hall–Kier alpha value is -2.30. The van der Waals surface area contributed by atoms with Crippen LogP contribution in [0.25, 0.3) is 11.1 Å². The van der Waals surface area contributed by atoms with E-state index in [0.29, 0.717) is 17.1 Å². The van der Waals surface area contributed by atoms with Gasteiger partial charge in [-0.05, 0) is 51.8 Å². The highest BCUT2D eigenvalue weighted by Crippen LogP contribution is 2.43. The lowest BCUT2D eigenvalue weighted by molar-refractivity contribution is -0.140. The SMILES string of the molecule is CCOC(=O)/C(F)=C(/C)c1cc2c(cc1OC)OC(C)(C)C=C2CC. The first-order chi connectivity index (χ1) is 11.7. The summed E-state index contributed by atoms with van der Waals surface area (Å²) in [5.74, 6) is -0.749. The van der Waals surface area contributed by atoms with Crippen LogP contribution >= 0.6 is 0 Å². The Morgan fingerprint density at radius 1 is 1.28 bits per heavy atom. The minimum atomic E-state index is -0.969. The number of rotatable bonds is 5. The molecule has 0 amide bonds. The minimum Gasteiger partial charge on any atom is -0.496 e. The molecule has 5 heteroatoms. The Kier molecular flexibility index (Phi) is 5.55. The highest BCUT2D eigenvalue weighted by atomic mass is 19.1. The van der Waals surface area contributed by atoms with Crippen molar-refractivity contribution < 1.29 is 23.4 Å². The topological polar surface area (TPSA) is 44.8 Å². The number of halogens is 1. The zero-order chi connectivity index (χ0) is 18.8. The summed E-state index contributed by atoms with van der Waals surface area (Å²) < 4.78 is 30.6. The van der Waals surface area contributed by atoms with Crippen LogP contribution in [-0.2, 0) is 9.53 Å². The van der Waals surface area contributed by atoms with Gasteiger partial charge in [0, 0.05) is 22.8 Å². The number of benzene rings is 1. The van der Waals surface area contributed by atoms with Gasteiger partial charge in [-0.1, -0.05) is 6.92 Å². The van der Waals surface area contributed by atoms with E-state index in [1.165, 1.54) is 7.11 Å². The van der Waals surface area contributed by atoms with Crippen LogP contribution in [0.1, 0.15) is 52.2 Å². The largest absolute Gasteiger partial charge is 0.496 e. The predicted molar refractivity (Wildman–Crippen MR) is 96.3 cm³/mol. The van der Waals surface area contributed by atoms with E-state index in [9.17, 15) is 9.18 Å². The van der Waals surface area contributed by atoms with Gasteiger partial charge in [0.05, 0.1) is 13.7 Å². The second kappa shape index (κ2) is 7.30. The van der Waals surface area contributed by atoms with Crippen LogP contribution in [0.15, 0.2) is 24.0 Å². The summed E-state index contributed by atoms with van der Waals surface area (Å²) in [6.07, 6.45) is 2.88. The molecule has 0 saturated heterocycles. The van der Waals surface area contributed by atoms with Crippen LogP contribution in [0.2, 0.25) is 0 Å². The van der Waals surface area contributed by atoms with Gasteiger partial charge >= 0.3 is 5.97 Å². The molecule has 0 unspecified atom stereocenters. The molecule has 0 saturated carbocycles. The third-order valence-corrected chi connectivity index (χ3v) is 4.11. The summed E-state index contributed by atoms with van der Waals surface area (Å²) >= 11 is 0. The highest BCUT2D eigenvalue weighted by Gasteiger charge is 2.28. The molecular weight excluding hydrogens is 323 g/mol. The zero-order valence-electron chi connectivity index (χ0n) is 15.7. The van der Waals surface area contributed by atoms with Gasteiger partial charge in [0.25, 0.3) is 0 Å². The summed E-state index contributed by atoms with van der Waals surface area (Å²) in [4.78, 5) is 11.7. The highest BCUT2D eigenvalue weighted by molar-refractivity contribution is 5.96. The van der Waals surface area contributed by atoms with Crippen LogP contribution in [0.5, 0.6) is 11.5 Å². The van der Waals surface area contributed by atoms with Crippen LogP contribution in [0, 0.1) is 0 Å². The molecule has 0 N–H and O–H groups in total. The molecule has 2 rings (SSSR count). The fraction of sp³-hybridized carbons (Fsp3) is 0.450. The van der Waals surface area contributed by atoms with Gasteiger partial charge in [-0.3, -0.25) is 0 Å². The lowest BCUT2D eigenvalue weighted by atomic mass is 9.90. The zero-order valence-corrected chi connectivity index (χ0v) is 15.7. The van der Waals surface area contributed by atoms with Crippen LogP contribution in [0.3, 0.4) is 0 Å². The Morgan fingerprint density at radius 3 is 2.52 bits per heavy atom. The van der Waals surface area contributed by atoms with E-state index in [4.69, 9.17) is 14.2 Å². The fourth-order valence-corrected chi connectivity index (χ4v) is 2.93. The molecule has 0 aromatic heterocycles. The van der Waals surface area contributed by atoms with Crippen molar-refractivity contribution in [3.05, 3.63) is 35.2 Å². The maximum Gasteiger partial charge on any atom is 0.367 e. The molecule has 1 heterocycles. The van der Waals surface area contributed by atoms with E-state index in [1.807, 2.05) is 19.9 Å². The molecule has 4 nitrogen and oxygen atoms in total. The van der Waals surface area contributed by atoms with Crippen molar-refractivity contribution in [3.63, 3.8) is 0 Å². The van der Waals surface area contributed by atoms with Gasteiger partial charge in [0.2, 0.25) is 5.83 Å². The first kappa shape index (κ1) is 19.0. The number of fused-ring (bicyclic) bond motifs is 1. The summed E-state index contributed by atoms with van der Waals surface area (Å²) in [5, 5.41) is 0. The lowest BCUT2D eigenvalue weighted by Gasteiger charge is -2.32. The molecular formula is C20H25FO4. The van der Waals surface area contributed by atoms with Crippen molar-refractivity contribution in [3.8, 4) is 11.5 Å². The number of allylic oxidation sites excluding steroid dienone is 2. The van der Waals surface area contributed by atoms with Gasteiger partial charge < -0.3 is 14.2 Å². The Balaban J connectivity index is 2.62. The second-order valence-electron chi connectivity index (χ2n) is 6.44. The van der Waals surface area contributed by atoms with Crippen molar-refractivity contribution in [1.82, 2.24) is 0 Å². The number of carbonyl (C=O) groups is 1. The maximum atomic E-state index is 14.4. The molecule has 25 heavy (non-hydrogen) atoms. The van der Waals surface area contributed by atoms with Crippen molar-refractivity contribution in [2.24, 2.45) is 0 Å². The smallest absolute Gasteiger partial charge is 0.367 e. The summed E-state index contributed by atoms with van der Waals surface area (Å²) in [5.41, 5.74) is 2.26. The normalized spacial score (nSPS) is 16.2. The lowest BCUT2D eigenvalue weighted by Crippen LogP contribution is -2.29. The first-order valence-corrected chi connectivity index (χ1v) is 8.41. The number of esters is 1. The summed E-state index contributed by atoms with van der Waals surface area (Å²) in [6.45, 7) is 9.32. The molecule has 136 valence electrons. The number of carbonyl (C=O) groups excluding carboxylic acids is 1. The number of ether oxygens (including phenoxy) is 3. The molecule has 0 atom stereocenters. The third-order valence-electron chi connectivity index (χ3n) is 4.11. The van der Waals surface area contributed by atoms with Crippen molar-refractivity contribution >= 4 is 17.1 Å². The molecule has 1 aromatic carbocycles. The average Bonchev–Trinajstić information content (AvgIpc) is 2.57. The minimum absolute atomic E-state index is 0.118. The van der Waals surface area contributed by atoms with E-state index in [-0.39, 0.29) is 12.2 Å². The Morgan fingerprint density at radius 2 is 1.96 bits per heavy atom. The van der Waals surface area contributed by atoms with Crippen molar-refractivity contribution in [2.75, 3.05) is 13.7 Å². The fourth-order valence-electron chi connectivity index (χ4n) is 2.93. The molecule has 0 spiro atoms. The average molecular weight is 348 g/mol. The van der Waals surface area contributed by atoms with Gasteiger partial charge in [-0.2, -0.15) is 4.39 Å². The summed E-state index contributed by atoms with van der Waals surface area (Å²) in [7, 11) is 1.51. The van der Waals surface area contributed by atoms with E-state index in [0.717, 1.165) is 17.6 Å². The number of methoxy groups -OCH3 is 1. The molecule has 1 aliphatic heterocycles. The van der Waals surface area contributed by atoms with Crippen LogP contribution in [0.4, 0.5) is 4.39 Å². The van der Waals surface area contributed by atoms with Crippen LogP contribution in [-0.4, -0.2) is 25.3 Å².